The molecule has 0 aliphatic rings. The summed E-state index contributed by atoms with van der Waals surface area (Å²) >= 11 is 1.61. The number of rotatable bonds is 6. The number of para-hydroxylation sites is 2. The van der Waals surface area contributed by atoms with Crippen molar-refractivity contribution in [1.82, 2.24) is 19.7 Å². The molecule has 0 fully saturated rings. The van der Waals surface area contributed by atoms with Crippen LogP contribution in [0.5, 0.6) is 0 Å². The van der Waals surface area contributed by atoms with E-state index in [-0.39, 0.29) is 0 Å². The van der Waals surface area contributed by atoms with Crippen LogP contribution in [-0.2, 0) is 13.0 Å². The molecule has 0 bridgehead atoms. The van der Waals surface area contributed by atoms with E-state index in [2.05, 4.69) is 52.1 Å². The van der Waals surface area contributed by atoms with Gasteiger partial charge in [-0.25, -0.2) is 4.98 Å². The van der Waals surface area contributed by atoms with Gasteiger partial charge in [-0.1, -0.05) is 30.4 Å². The Kier molecular flexibility index (Phi) is 4.15. The van der Waals surface area contributed by atoms with Gasteiger partial charge in [0, 0.05) is 13.1 Å². The first-order chi connectivity index (χ1) is 10.3. The van der Waals surface area contributed by atoms with Crippen molar-refractivity contribution in [2.45, 2.75) is 33.2 Å². The predicted molar refractivity (Wildman–Crippen MR) is 86.9 cm³/mol. The lowest BCUT2D eigenvalue weighted by Crippen LogP contribution is -2.02. The van der Waals surface area contributed by atoms with Crippen LogP contribution < -0.4 is 5.32 Å². The van der Waals surface area contributed by atoms with E-state index in [1.165, 1.54) is 5.52 Å². The second-order valence-electron chi connectivity index (χ2n) is 4.87. The average molecular weight is 301 g/mol. The Hall–Kier alpha value is -1.95. The molecule has 1 aromatic carbocycles. The minimum atomic E-state index is 0.730. The van der Waals surface area contributed by atoms with Crippen molar-refractivity contribution >= 4 is 27.5 Å². The molecule has 5 nitrogen and oxygen atoms in total. The fourth-order valence-corrected chi connectivity index (χ4v) is 3.14. The molecule has 0 amide bonds. The van der Waals surface area contributed by atoms with Crippen molar-refractivity contribution in [3.8, 4) is 0 Å². The molecule has 3 aromatic rings. The Labute approximate surface area is 128 Å². The summed E-state index contributed by atoms with van der Waals surface area (Å²) in [6, 6.07) is 8.25. The third-order valence-corrected chi connectivity index (χ3v) is 4.23. The molecule has 110 valence electrons. The highest BCUT2D eigenvalue weighted by molar-refractivity contribution is 7.15. The number of hydrogen-bond acceptors (Lipinski definition) is 5. The summed E-state index contributed by atoms with van der Waals surface area (Å²) in [7, 11) is 0. The topological polar surface area (TPSA) is 55.6 Å². The summed E-state index contributed by atoms with van der Waals surface area (Å²) in [5, 5.41) is 13.6. The van der Waals surface area contributed by atoms with Crippen LogP contribution in [0.4, 0.5) is 5.13 Å². The van der Waals surface area contributed by atoms with Crippen LogP contribution >= 0.6 is 11.3 Å². The van der Waals surface area contributed by atoms with Crippen molar-refractivity contribution in [2.24, 2.45) is 0 Å². The van der Waals surface area contributed by atoms with Crippen molar-refractivity contribution < 1.29 is 0 Å². The summed E-state index contributed by atoms with van der Waals surface area (Å²) in [5.41, 5.74) is 2.23. The quantitative estimate of drug-likeness (QED) is 0.759. The SMILES string of the molecule is CCCNc1nnc(Cc2nc3ccccc3n2CC)s1. The van der Waals surface area contributed by atoms with Gasteiger partial charge in [0.05, 0.1) is 17.5 Å². The van der Waals surface area contributed by atoms with E-state index in [1.807, 2.05) is 6.07 Å². The Morgan fingerprint density at radius 2 is 2.05 bits per heavy atom. The number of anilines is 1. The van der Waals surface area contributed by atoms with Crippen molar-refractivity contribution in [3.05, 3.63) is 35.1 Å². The van der Waals surface area contributed by atoms with Crippen molar-refractivity contribution in [1.29, 1.82) is 0 Å². The number of benzene rings is 1. The summed E-state index contributed by atoms with van der Waals surface area (Å²) < 4.78 is 2.25. The molecule has 21 heavy (non-hydrogen) atoms. The first-order valence-electron chi connectivity index (χ1n) is 7.32. The van der Waals surface area contributed by atoms with Gasteiger partial charge in [0.2, 0.25) is 5.13 Å². The summed E-state index contributed by atoms with van der Waals surface area (Å²) in [4.78, 5) is 4.73. The zero-order valence-electron chi connectivity index (χ0n) is 12.3. The maximum atomic E-state index is 4.73. The average Bonchev–Trinajstić information content (AvgIpc) is 3.09. The van der Waals surface area contributed by atoms with Crippen LogP contribution in [0.15, 0.2) is 24.3 Å². The third kappa shape index (κ3) is 2.90. The highest BCUT2D eigenvalue weighted by atomic mass is 32.1. The number of aromatic nitrogens is 4. The second-order valence-corrected chi connectivity index (χ2v) is 5.93. The molecule has 0 atom stereocenters. The molecular weight excluding hydrogens is 282 g/mol. The predicted octanol–water partition coefficient (Wildman–Crippen LogP) is 3.32. The molecule has 0 aliphatic heterocycles. The van der Waals surface area contributed by atoms with Gasteiger partial charge in [-0.15, -0.1) is 10.2 Å². The number of fused-ring (bicyclic) bond motifs is 1. The largest absolute Gasteiger partial charge is 0.360 e. The fraction of sp³-hybridized carbons (Fsp3) is 0.400. The maximum absolute atomic E-state index is 4.73. The lowest BCUT2D eigenvalue weighted by molar-refractivity contribution is 0.730. The first kappa shape index (κ1) is 14.0. The molecule has 2 aromatic heterocycles. The summed E-state index contributed by atoms with van der Waals surface area (Å²) in [6.07, 6.45) is 1.81. The smallest absolute Gasteiger partial charge is 0.205 e. The number of imidazole rings is 1. The van der Waals surface area contributed by atoms with E-state index < -0.39 is 0 Å². The van der Waals surface area contributed by atoms with E-state index in [0.29, 0.717) is 0 Å². The van der Waals surface area contributed by atoms with Gasteiger partial charge in [0.25, 0.3) is 0 Å². The molecule has 0 spiro atoms. The second kappa shape index (κ2) is 6.22. The molecule has 6 heteroatoms. The molecule has 0 saturated carbocycles. The molecule has 0 saturated heterocycles. The minimum absolute atomic E-state index is 0.730. The van der Waals surface area contributed by atoms with Gasteiger partial charge in [0.15, 0.2) is 0 Å². The molecule has 0 aliphatic carbocycles. The van der Waals surface area contributed by atoms with E-state index in [1.54, 1.807) is 11.3 Å². The maximum Gasteiger partial charge on any atom is 0.205 e. The Bertz CT molecular complexity index is 731. The minimum Gasteiger partial charge on any atom is -0.360 e. The Balaban J connectivity index is 1.85. The van der Waals surface area contributed by atoms with Gasteiger partial charge in [0.1, 0.15) is 10.8 Å². The lowest BCUT2D eigenvalue weighted by atomic mass is 10.3. The van der Waals surface area contributed by atoms with E-state index in [9.17, 15) is 0 Å². The fourth-order valence-electron chi connectivity index (χ4n) is 2.38. The highest BCUT2D eigenvalue weighted by Crippen LogP contribution is 2.21. The zero-order valence-corrected chi connectivity index (χ0v) is 13.2. The number of aryl methyl sites for hydroxylation is 1. The van der Waals surface area contributed by atoms with Gasteiger partial charge in [-0.2, -0.15) is 0 Å². The molecule has 2 heterocycles. The van der Waals surface area contributed by atoms with Crippen LogP contribution in [0.2, 0.25) is 0 Å². The standard InChI is InChI=1S/C15H19N5S/c1-3-9-16-15-19-18-14(21-15)10-13-17-11-7-5-6-8-12(11)20(13)4-2/h5-8H,3-4,9-10H2,1-2H3,(H,16,19). The normalized spacial score (nSPS) is 11.1. The number of nitrogens with one attached hydrogen (secondary N) is 1. The molecular formula is C15H19N5S. The van der Waals surface area contributed by atoms with Gasteiger partial charge in [-0.3, -0.25) is 0 Å². The monoisotopic (exact) mass is 301 g/mol. The molecule has 1 N–H and O–H groups in total. The van der Waals surface area contributed by atoms with Crippen LogP contribution in [0.1, 0.15) is 31.1 Å². The summed E-state index contributed by atoms with van der Waals surface area (Å²) in [6.45, 7) is 6.13. The number of nitrogens with zero attached hydrogens (tertiary/aromatic N) is 4. The van der Waals surface area contributed by atoms with Crippen LogP contribution in [0.3, 0.4) is 0 Å². The molecule has 3 rings (SSSR count). The van der Waals surface area contributed by atoms with Gasteiger partial charge in [-0.05, 0) is 25.5 Å². The third-order valence-electron chi connectivity index (χ3n) is 3.35. The summed E-state index contributed by atoms with van der Waals surface area (Å²) in [5.74, 6) is 1.05. The van der Waals surface area contributed by atoms with E-state index in [0.717, 1.165) is 47.4 Å². The first-order valence-corrected chi connectivity index (χ1v) is 8.13. The van der Waals surface area contributed by atoms with Crippen molar-refractivity contribution in [3.63, 3.8) is 0 Å². The van der Waals surface area contributed by atoms with E-state index in [4.69, 9.17) is 4.98 Å². The van der Waals surface area contributed by atoms with Crippen LogP contribution in [-0.4, -0.2) is 26.3 Å². The van der Waals surface area contributed by atoms with Gasteiger partial charge < -0.3 is 9.88 Å². The molecule has 0 radical (unpaired) electrons. The Morgan fingerprint density at radius 3 is 2.86 bits per heavy atom. The van der Waals surface area contributed by atoms with Crippen molar-refractivity contribution in [2.75, 3.05) is 11.9 Å². The highest BCUT2D eigenvalue weighted by Gasteiger charge is 2.12. The van der Waals surface area contributed by atoms with Crippen LogP contribution in [0.25, 0.3) is 11.0 Å². The van der Waals surface area contributed by atoms with Gasteiger partial charge >= 0.3 is 0 Å². The van der Waals surface area contributed by atoms with Crippen LogP contribution in [0, 0.1) is 0 Å². The lowest BCUT2D eigenvalue weighted by Gasteiger charge is -2.03. The van der Waals surface area contributed by atoms with E-state index >= 15 is 0 Å². The zero-order chi connectivity index (χ0) is 14.7. The molecule has 0 unspecified atom stereocenters. The number of hydrogen-bond donors (Lipinski definition) is 1. The Morgan fingerprint density at radius 1 is 1.19 bits per heavy atom.